The van der Waals surface area contributed by atoms with Crippen molar-refractivity contribution in [3.63, 3.8) is 0 Å². The van der Waals surface area contributed by atoms with Crippen LogP contribution in [0, 0.1) is 0 Å². The normalized spacial score (nSPS) is 16.1. The van der Waals surface area contributed by atoms with E-state index < -0.39 is 0 Å². The van der Waals surface area contributed by atoms with E-state index in [2.05, 4.69) is 10.9 Å². The summed E-state index contributed by atoms with van der Waals surface area (Å²) >= 11 is 6.12. The highest BCUT2D eigenvalue weighted by Crippen LogP contribution is 2.40. The minimum atomic E-state index is -0.359. The van der Waals surface area contributed by atoms with Crippen LogP contribution in [0.3, 0.4) is 0 Å². The zero-order chi connectivity index (χ0) is 16.0. The van der Waals surface area contributed by atoms with Gasteiger partial charge >= 0.3 is 6.03 Å². The molecule has 23 heavy (non-hydrogen) atoms. The van der Waals surface area contributed by atoms with Gasteiger partial charge in [0.1, 0.15) is 5.82 Å². The van der Waals surface area contributed by atoms with E-state index in [0.29, 0.717) is 27.9 Å². The van der Waals surface area contributed by atoms with Gasteiger partial charge in [0.2, 0.25) is 0 Å². The van der Waals surface area contributed by atoms with Gasteiger partial charge in [-0.25, -0.2) is 15.1 Å². The van der Waals surface area contributed by atoms with Crippen LogP contribution in [0.25, 0.3) is 0 Å². The second-order valence-corrected chi connectivity index (χ2v) is 5.50. The summed E-state index contributed by atoms with van der Waals surface area (Å²) in [5.41, 5.74) is 7.00. The van der Waals surface area contributed by atoms with Crippen LogP contribution in [0.5, 0.6) is 0 Å². The number of rotatable bonds is 1. The molecule has 1 fully saturated rings. The molecule has 1 saturated heterocycles. The number of nitrogens with one attached hydrogen (secondary N) is 2. The predicted molar refractivity (Wildman–Crippen MR) is 87.3 cm³/mol. The van der Waals surface area contributed by atoms with Gasteiger partial charge < -0.3 is 0 Å². The van der Waals surface area contributed by atoms with Crippen molar-refractivity contribution in [3.8, 4) is 0 Å². The van der Waals surface area contributed by atoms with Crippen molar-refractivity contribution in [1.82, 2.24) is 10.9 Å². The molecule has 7 heteroatoms. The molecule has 2 heterocycles. The number of carbonyl (C=O) groups excluding carboxylic acids is 2. The van der Waals surface area contributed by atoms with Gasteiger partial charge in [0.05, 0.1) is 11.4 Å². The molecule has 0 aliphatic carbocycles. The number of carbonyl (C=O) groups is 2. The maximum Gasteiger partial charge on any atom is 0.346 e. The van der Waals surface area contributed by atoms with E-state index in [-0.39, 0.29) is 11.9 Å². The van der Waals surface area contributed by atoms with Crippen molar-refractivity contribution < 1.29 is 9.59 Å². The number of anilines is 3. The highest BCUT2D eigenvalue weighted by Gasteiger charge is 2.35. The van der Waals surface area contributed by atoms with Gasteiger partial charge in [-0.15, -0.1) is 0 Å². The topological polar surface area (TPSA) is 64.7 Å². The smallest absolute Gasteiger partial charge is 0.281 e. The van der Waals surface area contributed by atoms with E-state index >= 15 is 0 Å². The zero-order valence-electron chi connectivity index (χ0n) is 11.8. The zero-order valence-corrected chi connectivity index (χ0v) is 12.5. The average Bonchev–Trinajstić information content (AvgIpc) is 2.84. The highest BCUT2D eigenvalue weighted by molar-refractivity contribution is 6.31. The maximum atomic E-state index is 12.7. The van der Waals surface area contributed by atoms with Crippen molar-refractivity contribution in [2.24, 2.45) is 0 Å². The Morgan fingerprint density at radius 1 is 0.870 bits per heavy atom. The Bertz CT molecular complexity index is 850. The SMILES string of the molecule is O=C1NNC2=CC(=O)N(c3ccccc3)c3cc(Cl)ccc3N12. The molecule has 2 aliphatic rings. The molecule has 0 unspecified atom stereocenters. The van der Waals surface area contributed by atoms with E-state index in [4.69, 9.17) is 11.6 Å². The summed E-state index contributed by atoms with van der Waals surface area (Å²) in [7, 11) is 0. The first-order valence-corrected chi connectivity index (χ1v) is 7.29. The molecule has 0 atom stereocenters. The summed E-state index contributed by atoms with van der Waals surface area (Å²) in [5, 5.41) is 0.480. The summed E-state index contributed by atoms with van der Waals surface area (Å²) in [6.07, 6.45) is 1.37. The van der Waals surface area contributed by atoms with Crippen molar-refractivity contribution >= 4 is 40.6 Å². The molecule has 2 aliphatic heterocycles. The summed E-state index contributed by atoms with van der Waals surface area (Å²) in [6, 6.07) is 13.9. The first-order valence-electron chi connectivity index (χ1n) is 6.91. The quantitative estimate of drug-likeness (QED) is 0.847. The van der Waals surface area contributed by atoms with Gasteiger partial charge in [-0.3, -0.25) is 15.1 Å². The van der Waals surface area contributed by atoms with Gasteiger partial charge in [0, 0.05) is 16.8 Å². The molecule has 0 saturated carbocycles. The third-order valence-corrected chi connectivity index (χ3v) is 3.89. The Morgan fingerprint density at radius 3 is 2.43 bits per heavy atom. The number of hydrazine groups is 1. The second kappa shape index (κ2) is 5.03. The predicted octanol–water partition coefficient (Wildman–Crippen LogP) is 2.89. The van der Waals surface area contributed by atoms with E-state index in [1.54, 1.807) is 18.2 Å². The first-order chi connectivity index (χ1) is 11.1. The molecule has 0 spiro atoms. The molecule has 0 aromatic heterocycles. The number of hydrogen-bond acceptors (Lipinski definition) is 3. The number of hydrogen-bond donors (Lipinski definition) is 2. The number of benzene rings is 2. The third-order valence-electron chi connectivity index (χ3n) is 3.66. The summed E-state index contributed by atoms with van der Waals surface area (Å²) in [5.74, 6) is 0.100. The number of nitrogens with zero attached hydrogens (tertiary/aromatic N) is 2. The summed E-state index contributed by atoms with van der Waals surface area (Å²) in [6.45, 7) is 0. The Balaban J connectivity index is 1.98. The number of halogens is 1. The molecule has 114 valence electrons. The van der Waals surface area contributed by atoms with Crippen LogP contribution in [-0.4, -0.2) is 11.9 Å². The molecule has 3 amide bonds. The lowest BCUT2D eigenvalue weighted by molar-refractivity contribution is -0.113. The van der Waals surface area contributed by atoms with Crippen LogP contribution in [-0.2, 0) is 4.79 Å². The number of fused-ring (bicyclic) bond motifs is 3. The van der Waals surface area contributed by atoms with Gasteiger partial charge in [-0.05, 0) is 30.3 Å². The van der Waals surface area contributed by atoms with Crippen molar-refractivity contribution in [3.05, 3.63) is 65.5 Å². The van der Waals surface area contributed by atoms with Gasteiger partial charge in [-0.1, -0.05) is 29.8 Å². The third kappa shape index (κ3) is 2.11. The standard InChI is InChI=1S/C16H11ClN4O2/c17-10-6-7-12-13(8-10)20(11-4-2-1-3-5-11)15(22)9-14-18-19-16(23)21(12)14/h1-9,18H,(H,19,23). The summed E-state index contributed by atoms with van der Waals surface area (Å²) < 4.78 is 0. The largest absolute Gasteiger partial charge is 0.346 e. The lowest BCUT2D eigenvalue weighted by Gasteiger charge is -2.24. The number of para-hydroxylation sites is 1. The van der Waals surface area contributed by atoms with Gasteiger partial charge in [0.15, 0.2) is 0 Å². The molecule has 0 bridgehead atoms. The Hall–Kier alpha value is -2.99. The molecule has 4 rings (SSSR count). The van der Waals surface area contributed by atoms with Crippen LogP contribution >= 0.6 is 11.6 Å². The van der Waals surface area contributed by atoms with Crippen LogP contribution < -0.4 is 20.7 Å². The minimum absolute atomic E-state index is 0.277. The van der Waals surface area contributed by atoms with E-state index in [0.717, 1.165) is 0 Å². The van der Waals surface area contributed by atoms with E-state index in [1.807, 2.05) is 30.3 Å². The van der Waals surface area contributed by atoms with E-state index in [1.165, 1.54) is 15.9 Å². The van der Waals surface area contributed by atoms with Crippen molar-refractivity contribution in [2.75, 3.05) is 9.80 Å². The number of urea groups is 1. The first kappa shape index (κ1) is 13.7. The van der Waals surface area contributed by atoms with Crippen LogP contribution in [0.1, 0.15) is 0 Å². The Labute approximate surface area is 136 Å². The molecule has 6 nitrogen and oxygen atoms in total. The van der Waals surface area contributed by atoms with Crippen molar-refractivity contribution in [2.45, 2.75) is 0 Å². The molecule has 2 aromatic carbocycles. The highest BCUT2D eigenvalue weighted by atomic mass is 35.5. The van der Waals surface area contributed by atoms with Gasteiger partial charge in [-0.2, -0.15) is 0 Å². The fraction of sp³-hybridized carbons (Fsp3) is 0. The molecule has 2 N–H and O–H groups in total. The molecular formula is C16H11ClN4O2. The number of amides is 3. The fourth-order valence-electron chi connectivity index (χ4n) is 2.69. The van der Waals surface area contributed by atoms with Crippen molar-refractivity contribution in [1.29, 1.82) is 0 Å². The Morgan fingerprint density at radius 2 is 1.65 bits per heavy atom. The maximum absolute atomic E-state index is 12.7. The average molecular weight is 327 g/mol. The van der Waals surface area contributed by atoms with Gasteiger partial charge in [0.25, 0.3) is 5.91 Å². The second-order valence-electron chi connectivity index (χ2n) is 5.06. The lowest BCUT2D eigenvalue weighted by Crippen LogP contribution is -2.30. The molecule has 0 radical (unpaired) electrons. The lowest BCUT2D eigenvalue weighted by atomic mass is 10.2. The van der Waals surface area contributed by atoms with Crippen LogP contribution in [0.15, 0.2) is 60.4 Å². The van der Waals surface area contributed by atoms with Crippen LogP contribution in [0.2, 0.25) is 5.02 Å². The fourth-order valence-corrected chi connectivity index (χ4v) is 2.85. The Kier molecular flexibility index (Phi) is 2.99. The monoisotopic (exact) mass is 326 g/mol. The van der Waals surface area contributed by atoms with E-state index in [9.17, 15) is 9.59 Å². The molecule has 2 aromatic rings. The summed E-state index contributed by atoms with van der Waals surface area (Å²) in [4.78, 5) is 27.8. The van der Waals surface area contributed by atoms with Crippen LogP contribution in [0.4, 0.5) is 21.9 Å². The minimum Gasteiger partial charge on any atom is -0.281 e. The molecular weight excluding hydrogens is 316 g/mol.